The fourth-order valence-corrected chi connectivity index (χ4v) is 4.94. The monoisotopic (exact) mass is 415 g/mol. The molecule has 2 saturated heterocycles. The van der Waals surface area contributed by atoms with E-state index in [-0.39, 0.29) is 18.1 Å². The van der Waals surface area contributed by atoms with Crippen LogP contribution in [0.2, 0.25) is 0 Å². The molecule has 3 aliphatic heterocycles. The second kappa shape index (κ2) is 8.61. The van der Waals surface area contributed by atoms with Crippen molar-refractivity contribution in [1.82, 2.24) is 20.0 Å². The maximum Gasteiger partial charge on any atom is 0.407 e. The molecule has 1 aliphatic carbocycles. The third-order valence-corrected chi connectivity index (χ3v) is 6.59. The molecule has 0 aromatic rings. The number of amides is 2. The molecule has 1 unspecified atom stereocenters. The van der Waals surface area contributed by atoms with Gasteiger partial charge in [-0.3, -0.25) is 9.69 Å². The fraction of sp³-hybridized carbons (Fsp3) is 0.571. The average molecular weight is 415 g/mol. The number of ether oxygens (including phenoxy) is 1. The fourth-order valence-electron chi connectivity index (χ4n) is 4.94. The van der Waals surface area contributed by atoms with E-state index in [1.54, 1.807) is 6.34 Å². The van der Waals surface area contributed by atoms with Gasteiger partial charge in [0, 0.05) is 63.8 Å². The summed E-state index contributed by atoms with van der Waals surface area (Å²) in [5.41, 5.74) is 1.77. The van der Waals surface area contributed by atoms with Crippen LogP contribution in [0, 0.1) is 5.92 Å². The van der Waals surface area contributed by atoms with E-state index in [0.29, 0.717) is 32.1 Å². The van der Waals surface area contributed by atoms with Gasteiger partial charge >= 0.3 is 6.09 Å². The molecule has 4 rings (SSSR count). The topological polar surface area (TPSA) is 97.7 Å². The number of aliphatic imine (C=N–C) groups is 1. The van der Waals surface area contributed by atoms with Gasteiger partial charge in [-0.2, -0.15) is 0 Å². The first-order valence-electron chi connectivity index (χ1n) is 10.4. The van der Waals surface area contributed by atoms with Gasteiger partial charge in [0.15, 0.2) is 0 Å². The second-order valence-electron chi connectivity index (χ2n) is 8.13. The van der Waals surface area contributed by atoms with E-state index < -0.39 is 6.09 Å². The van der Waals surface area contributed by atoms with Crippen LogP contribution in [-0.4, -0.2) is 96.7 Å². The van der Waals surface area contributed by atoms with Crippen molar-refractivity contribution in [3.05, 3.63) is 35.7 Å². The number of likely N-dealkylation sites (tertiary alicyclic amines) is 1. The third-order valence-electron chi connectivity index (χ3n) is 6.59. The predicted octanol–water partition coefficient (Wildman–Crippen LogP) is 0.875. The Hall–Kier alpha value is -2.65. The molecule has 0 radical (unpaired) electrons. The minimum Gasteiger partial charge on any atom is -0.465 e. The van der Waals surface area contributed by atoms with E-state index >= 15 is 0 Å². The smallest absolute Gasteiger partial charge is 0.407 e. The molecule has 2 amide bonds. The Bertz CT molecular complexity index is 804. The van der Waals surface area contributed by atoms with Crippen LogP contribution in [0.15, 0.2) is 40.7 Å². The van der Waals surface area contributed by atoms with Gasteiger partial charge in [0.2, 0.25) is 5.91 Å². The van der Waals surface area contributed by atoms with Crippen molar-refractivity contribution in [2.45, 2.75) is 18.4 Å². The number of hydrogen-bond acceptors (Lipinski definition) is 6. The molecule has 1 atom stereocenters. The van der Waals surface area contributed by atoms with Crippen molar-refractivity contribution < 1.29 is 19.4 Å². The number of methoxy groups -OCH3 is 1. The summed E-state index contributed by atoms with van der Waals surface area (Å²) in [5, 5.41) is 12.6. The second-order valence-corrected chi connectivity index (χ2v) is 8.13. The molecular weight excluding hydrogens is 386 g/mol. The first kappa shape index (κ1) is 20.6. The number of nitrogens with one attached hydrogen (secondary N) is 1. The van der Waals surface area contributed by atoms with Gasteiger partial charge in [-0.25, -0.2) is 9.79 Å². The summed E-state index contributed by atoms with van der Waals surface area (Å²) < 4.78 is 5.00. The Kier molecular flexibility index (Phi) is 5.92. The first-order chi connectivity index (χ1) is 14.5. The summed E-state index contributed by atoms with van der Waals surface area (Å²) in [5.74, 6) is 0.314. The Morgan fingerprint density at radius 3 is 2.60 bits per heavy atom. The highest BCUT2D eigenvalue weighted by Crippen LogP contribution is 2.40. The highest BCUT2D eigenvalue weighted by Gasteiger charge is 2.45. The summed E-state index contributed by atoms with van der Waals surface area (Å²) in [6.07, 6.45) is 10.9. The summed E-state index contributed by atoms with van der Waals surface area (Å²) in [6.45, 7) is 4.04. The van der Waals surface area contributed by atoms with Gasteiger partial charge < -0.3 is 25.0 Å². The molecule has 3 heterocycles. The number of fused-ring (bicyclic) bond motifs is 1. The molecule has 9 nitrogen and oxygen atoms in total. The highest BCUT2D eigenvalue weighted by molar-refractivity contribution is 5.77. The van der Waals surface area contributed by atoms with Crippen LogP contribution in [-0.2, 0) is 9.53 Å². The lowest BCUT2D eigenvalue weighted by molar-refractivity contribution is -0.137. The van der Waals surface area contributed by atoms with Gasteiger partial charge in [-0.15, -0.1) is 0 Å². The van der Waals surface area contributed by atoms with Crippen LogP contribution in [0.1, 0.15) is 12.8 Å². The van der Waals surface area contributed by atoms with E-state index in [0.717, 1.165) is 37.2 Å². The molecular formula is C21H29N5O4. The SMILES string of the molecule is COCC(=O)N1CCN(C2(C3CCN(C(=O)O)CC3)C=CC3=CN=CNC3=C2)CC1. The van der Waals surface area contributed by atoms with Crippen molar-refractivity contribution in [1.29, 1.82) is 0 Å². The van der Waals surface area contributed by atoms with Crippen molar-refractivity contribution >= 4 is 18.3 Å². The molecule has 2 N–H and O–H groups in total. The number of piperazine rings is 1. The van der Waals surface area contributed by atoms with E-state index in [2.05, 4.69) is 33.4 Å². The number of rotatable bonds is 4. The number of carbonyl (C=O) groups excluding carboxylic acids is 1. The van der Waals surface area contributed by atoms with Gasteiger partial charge in [0.25, 0.3) is 0 Å². The molecule has 0 bridgehead atoms. The molecule has 30 heavy (non-hydrogen) atoms. The van der Waals surface area contributed by atoms with Crippen LogP contribution in [0.5, 0.6) is 0 Å². The molecule has 0 aromatic heterocycles. The molecule has 0 spiro atoms. The van der Waals surface area contributed by atoms with E-state index in [4.69, 9.17) is 4.74 Å². The largest absolute Gasteiger partial charge is 0.465 e. The summed E-state index contributed by atoms with van der Waals surface area (Å²) in [4.78, 5) is 33.6. The standard InChI is InChI=1S/C21H29N5O4/c1-30-14-19(27)24-8-10-26(11-9-24)21(17-3-6-25(7-4-17)20(28)29)5-2-16-13-22-15-23-18(16)12-21/h2,5,12-13,15,17H,3-4,6-11,14H2,1H3,(H,22,23)(H,28,29). The summed E-state index contributed by atoms with van der Waals surface area (Å²) in [6, 6.07) is 0. The van der Waals surface area contributed by atoms with Gasteiger partial charge in [-0.1, -0.05) is 12.2 Å². The number of allylic oxidation sites excluding steroid dienone is 1. The number of hydrogen-bond donors (Lipinski definition) is 2. The van der Waals surface area contributed by atoms with E-state index in [9.17, 15) is 14.7 Å². The lowest BCUT2D eigenvalue weighted by atomic mass is 9.73. The van der Waals surface area contributed by atoms with Crippen molar-refractivity contribution in [2.24, 2.45) is 10.9 Å². The number of nitrogens with zero attached hydrogens (tertiary/aromatic N) is 4. The van der Waals surface area contributed by atoms with Crippen LogP contribution >= 0.6 is 0 Å². The van der Waals surface area contributed by atoms with Crippen molar-refractivity contribution in [2.75, 3.05) is 53.0 Å². The average Bonchev–Trinajstić information content (AvgIpc) is 2.79. The number of carboxylic acid groups (broad SMARTS) is 1. The lowest BCUT2D eigenvalue weighted by Crippen LogP contribution is -2.61. The maximum absolute atomic E-state index is 12.2. The first-order valence-corrected chi connectivity index (χ1v) is 10.4. The minimum atomic E-state index is -0.847. The third kappa shape index (κ3) is 3.87. The molecule has 0 saturated carbocycles. The Morgan fingerprint density at radius 2 is 1.93 bits per heavy atom. The molecule has 162 valence electrons. The van der Waals surface area contributed by atoms with Gasteiger partial charge in [-0.05, 0) is 24.8 Å². The van der Waals surface area contributed by atoms with Crippen LogP contribution < -0.4 is 5.32 Å². The minimum absolute atomic E-state index is 0.0221. The van der Waals surface area contributed by atoms with E-state index in [1.165, 1.54) is 12.0 Å². The molecule has 0 aromatic carbocycles. The van der Waals surface area contributed by atoms with Crippen LogP contribution in [0.4, 0.5) is 4.79 Å². The normalized spacial score (nSPS) is 27.2. The molecule has 9 heteroatoms. The van der Waals surface area contributed by atoms with Gasteiger partial charge in [0.05, 0.1) is 11.9 Å². The highest BCUT2D eigenvalue weighted by atomic mass is 16.5. The molecule has 4 aliphatic rings. The Balaban J connectivity index is 1.56. The Morgan fingerprint density at radius 1 is 1.20 bits per heavy atom. The van der Waals surface area contributed by atoms with Crippen LogP contribution in [0.25, 0.3) is 0 Å². The van der Waals surface area contributed by atoms with E-state index in [1.807, 2.05) is 11.1 Å². The zero-order valence-electron chi connectivity index (χ0n) is 17.3. The van der Waals surface area contributed by atoms with Crippen molar-refractivity contribution in [3.63, 3.8) is 0 Å². The summed E-state index contributed by atoms with van der Waals surface area (Å²) in [7, 11) is 1.54. The molecule has 2 fully saturated rings. The lowest BCUT2D eigenvalue weighted by Gasteiger charge is -2.51. The number of piperidine rings is 1. The number of carbonyl (C=O) groups is 2. The zero-order chi connectivity index (χ0) is 21.1. The van der Waals surface area contributed by atoms with Crippen molar-refractivity contribution in [3.8, 4) is 0 Å². The Labute approximate surface area is 176 Å². The predicted molar refractivity (Wildman–Crippen MR) is 112 cm³/mol. The quantitative estimate of drug-likeness (QED) is 0.707. The van der Waals surface area contributed by atoms with Crippen LogP contribution in [0.3, 0.4) is 0 Å². The van der Waals surface area contributed by atoms with Gasteiger partial charge in [0.1, 0.15) is 6.61 Å². The summed E-state index contributed by atoms with van der Waals surface area (Å²) >= 11 is 0. The maximum atomic E-state index is 12.2. The zero-order valence-corrected chi connectivity index (χ0v) is 17.3.